The zero-order chi connectivity index (χ0) is 31.1. The summed E-state index contributed by atoms with van der Waals surface area (Å²) in [6.07, 6.45) is -4.84. The van der Waals surface area contributed by atoms with Crippen molar-refractivity contribution < 1.29 is 40.7 Å². The first-order chi connectivity index (χ1) is 20.2. The summed E-state index contributed by atoms with van der Waals surface area (Å²) >= 11 is 6.44. The zero-order valence-corrected chi connectivity index (χ0v) is 22.9. The molecule has 2 aliphatic rings. The van der Waals surface area contributed by atoms with E-state index in [4.69, 9.17) is 11.6 Å². The fourth-order valence-corrected chi connectivity index (χ4v) is 5.52. The van der Waals surface area contributed by atoms with E-state index in [-0.39, 0.29) is 34.8 Å². The van der Waals surface area contributed by atoms with E-state index in [0.29, 0.717) is 12.3 Å². The minimum absolute atomic E-state index is 0.0252. The van der Waals surface area contributed by atoms with E-state index in [0.717, 1.165) is 28.1 Å². The number of benzene rings is 2. The second-order valence-corrected chi connectivity index (χ2v) is 10.7. The number of nitrogens with zero attached hydrogens (tertiary/aromatic N) is 3. The summed E-state index contributed by atoms with van der Waals surface area (Å²) in [5.41, 5.74) is -1.51. The second kappa shape index (κ2) is 11.5. The molecule has 226 valence electrons. The Balaban J connectivity index is 1.60. The molecule has 0 spiro atoms. The fraction of sp³-hybridized carbons (Fsp3) is 0.310. The molecule has 7 nitrogen and oxygen atoms in total. The van der Waals surface area contributed by atoms with Gasteiger partial charge in [-0.25, -0.2) is 13.2 Å². The molecule has 1 aromatic heterocycles. The predicted octanol–water partition coefficient (Wildman–Crippen LogP) is 6.08. The van der Waals surface area contributed by atoms with Crippen LogP contribution in [0.2, 0.25) is 5.02 Å². The summed E-state index contributed by atoms with van der Waals surface area (Å²) in [5.74, 6) is -6.27. The maximum atomic E-state index is 14.5. The van der Waals surface area contributed by atoms with Crippen LogP contribution in [-0.2, 0) is 20.6 Å². The molecule has 2 fully saturated rings. The van der Waals surface area contributed by atoms with Crippen LogP contribution >= 0.6 is 11.6 Å². The van der Waals surface area contributed by atoms with Crippen molar-refractivity contribution in [2.45, 2.75) is 55.9 Å². The van der Waals surface area contributed by atoms with E-state index in [2.05, 4.69) is 10.3 Å². The number of halogens is 7. The largest absolute Gasteiger partial charge is 0.417 e. The SMILES string of the molecule is O=C(NC1CC(F)(F)C1)[C@@H](c1ccccc1Cl)N(C(=O)[C@@H]1CCC(=O)N1c1cncc(C(F)(F)F)c1)c1cccc(F)c1. The maximum absolute atomic E-state index is 14.5. The van der Waals surface area contributed by atoms with Crippen molar-refractivity contribution in [3.8, 4) is 0 Å². The number of alkyl halides is 5. The fourth-order valence-electron chi connectivity index (χ4n) is 5.28. The molecule has 1 saturated heterocycles. The lowest BCUT2D eigenvalue weighted by molar-refractivity contribution is -0.138. The van der Waals surface area contributed by atoms with E-state index in [1.807, 2.05) is 0 Å². The van der Waals surface area contributed by atoms with Gasteiger partial charge in [0.1, 0.15) is 17.9 Å². The van der Waals surface area contributed by atoms with Gasteiger partial charge in [-0.15, -0.1) is 0 Å². The lowest BCUT2D eigenvalue weighted by Crippen LogP contribution is -2.56. The van der Waals surface area contributed by atoms with Crippen molar-refractivity contribution in [2.24, 2.45) is 0 Å². The van der Waals surface area contributed by atoms with Crippen LogP contribution in [0.5, 0.6) is 0 Å². The van der Waals surface area contributed by atoms with Crippen LogP contribution in [0.25, 0.3) is 0 Å². The van der Waals surface area contributed by atoms with E-state index in [1.54, 1.807) is 6.07 Å². The molecule has 2 aromatic carbocycles. The van der Waals surface area contributed by atoms with E-state index in [9.17, 15) is 40.7 Å². The first-order valence-electron chi connectivity index (χ1n) is 13.1. The summed E-state index contributed by atoms with van der Waals surface area (Å²) in [7, 11) is 0. The molecule has 1 aliphatic heterocycles. The first-order valence-corrected chi connectivity index (χ1v) is 13.5. The van der Waals surface area contributed by atoms with Crippen LogP contribution in [0.3, 0.4) is 0 Å². The number of anilines is 2. The Labute approximate surface area is 246 Å². The van der Waals surface area contributed by atoms with Gasteiger partial charge in [-0.2, -0.15) is 13.2 Å². The van der Waals surface area contributed by atoms with Crippen molar-refractivity contribution in [2.75, 3.05) is 9.80 Å². The molecule has 0 unspecified atom stereocenters. The first kappa shape index (κ1) is 30.3. The monoisotopic (exact) mass is 624 g/mol. The van der Waals surface area contributed by atoms with Crippen molar-refractivity contribution >= 4 is 40.7 Å². The Morgan fingerprint density at radius 2 is 1.79 bits per heavy atom. The van der Waals surface area contributed by atoms with Gasteiger partial charge < -0.3 is 5.32 Å². The molecule has 0 radical (unpaired) electrons. The molecule has 43 heavy (non-hydrogen) atoms. The number of hydrogen-bond donors (Lipinski definition) is 1. The van der Waals surface area contributed by atoms with Gasteiger partial charge in [-0.1, -0.05) is 35.9 Å². The van der Waals surface area contributed by atoms with Gasteiger partial charge in [0.2, 0.25) is 11.8 Å². The van der Waals surface area contributed by atoms with Gasteiger partial charge in [0.05, 0.1) is 17.4 Å². The quantitative estimate of drug-likeness (QED) is 0.323. The van der Waals surface area contributed by atoms with Gasteiger partial charge in [-0.3, -0.25) is 29.2 Å². The predicted molar refractivity (Wildman–Crippen MR) is 144 cm³/mol. The molecular weight excluding hydrogens is 602 g/mol. The Morgan fingerprint density at radius 3 is 2.44 bits per heavy atom. The van der Waals surface area contributed by atoms with Crippen molar-refractivity contribution in [3.05, 3.63) is 89.0 Å². The molecule has 2 atom stereocenters. The van der Waals surface area contributed by atoms with Crippen LogP contribution < -0.4 is 15.1 Å². The number of pyridine rings is 1. The number of aromatic nitrogens is 1. The van der Waals surface area contributed by atoms with E-state index in [1.165, 1.54) is 30.3 Å². The number of carbonyl (C=O) groups excluding carboxylic acids is 3. The number of hydrogen-bond acceptors (Lipinski definition) is 4. The van der Waals surface area contributed by atoms with Crippen LogP contribution in [-0.4, -0.2) is 40.7 Å². The third kappa shape index (κ3) is 6.31. The lowest BCUT2D eigenvalue weighted by Gasteiger charge is -2.39. The van der Waals surface area contributed by atoms with Gasteiger partial charge >= 0.3 is 6.18 Å². The Morgan fingerprint density at radius 1 is 1.07 bits per heavy atom. The summed E-state index contributed by atoms with van der Waals surface area (Å²) in [6, 6.07) is 7.28. The number of nitrogens with one attached hydrogen (secondary N) is 1. The molecule has 1 saturated carbocycles. The Bertz CT molecular complexity index is 1560. The highest BCUT2D eigenvalue weighted by Gasteiger charge is 2.48. The Hall–Kier alpha value is -4.13. The third-order valence-corrected chi connectivity index (χ3v) is 7.64. The summed E-state index contributed by atoms with van der Waals surface area (Å²) < 4.78 is 82.0. The van der Waals surface area contributed by atoms with Crippen LogP contribution in [0.1, 0.15) is 42.9 Å². The smallest absolute Gasteiger partial charge is 0.351 e. The minimum Gasteiger partial charge on any atom is -0.351 e. The van der Waals surface area contributed by atoms with Crippen molar-refractivity contribution in [1.82, 2.24) is 10.3 Å². The molecule has 3 aromatic rings. The standard InChI is InChI=1S/C29H23ClF6N4O3/c30-22-7-2-1-6-21(22)25(26(42)38-18-12-28(32,33)13-18)40(19-5-3-4-17(31)11-19)27(43)23-8-9-24(41)39(23)20-10-16(14-37-15-20)29(34,35)36/h1-7,10-11,14-15,18,23,25H,8-9,12-13H2,(H,38,42)/t23-,25+/m0/s1. The zero-order valence-electron chi connectivity index (χ0n) is 22.1. The van der Waals surface area contributed by atoms with Gasteiger partial charge in [0.25, 0.3) is 11.8 Å². The second-order valence-electron chi connectivity index (χ2n) is 10.3. The van der Waals surface area contributed by atoms with Gasteiger partial charge in [-0.05, 0) is 36.8 Å². The minimum atomic E-state index is -4.79. The van der Waals surface area contributed by atoms with Crippen molar-refractivity contribution in [3.63, 3.8) is 0 Å². The average molecular weight is 625 g/mol. The summed E-state index contributed by atoms with van der Waals surface area (Å²) in [4.78, 5) is 46.5. The number of carbonyl (C=O) groups is 3. The molecule has 3 amide bonds. The Kier molecular flexibility index (Phi) is 8.12. The van der Waals surface area contributed by atoms with Gasteiger partial charge in [0.15, 0.2) is 0 Å². The van der Waals surface area contributed by atoms with Crippen LogP contribution in [0.4, 0.5) is 37.7 Å². The highest BCUT2D eigenvalue weighted by molar-refractivity contribution is 6.31. The average Bonchev–Trinajstić information content (AvgIpc) is 3.31. The van der Waals surface area contributed by atoms with Crippen molar-refractivity contribution in [1.29, 1.82) is 0 Å². The lowest BCUT2D eigenvalue weighted by atomic mass is 9.87. The van der Waals surface area contributed by atoms with Gasteiger partial charge in [0, 0.05) is 47.8 Å². The molecule has 0 bridgehead atoms. The molecule has 14 heteroatoms. The normalized spacial score (nSPS) is 19.1. The molecular formula is C29H23ClF6N4O3. The summed E-state index contributed by atoms with van der Waals surface area (Å²) in [5, 5.41) is 2.53. The topological polar surface area (TPSA) is 82.6 Å². The van der Waals surface area contributed by atoms with Crippen LogP contribution in [0.15, 0.2) is 67.0 Å². The van der Waals surface area contributed by atoms with Crippen LogP contribution in [0, 0.1) is 5.82 Å². The molecule has 1 aliphatic carbocycles. The number of amides is 3. The molecule has 2 heterocycles. The molecule has 1 N–H and O–H groups in total. The highest BCUT2D eigenvalue weighted by Crippen LogP contribution is 2.40. The van der Waals surface area contributed by atoms with E-state index >= 15 is 0 Å². The maximum Gasteiger partial charge on any atom is 0.417 e. The third-order valence-electron chi connectivity index (χ3n) is 7.29. The van der Waals surface area contributed by atoms with E-state index < -0.39 is 72.2 Å². The summed E-state index contributed by atoms with van der Waals surface area (Å²) in [6.45, 7) is 0. The number of rotatable bonds is 7. The highest BCUT2D eigenvalue weighted by atomic mass is 35.5. The molecule has 5 rings (SSSR count).